The van der Waals surface area contributed by atoms with Gasteiger partial charge in [-0.15, -0.1) is 0 Å². The molecule has 0 aliphatic heterocycles. The van der Waals surface area contributed by atoms with Crippen molar-refractivity contribution in [3.05, 3.63) is 11.3 Å². The van der Waals surface area contributed by atoms with E-state index in [9.17, 15) is 0 Å². The fourth-order valence-corrected chi connectivity index (χ4v) is 1.41. The van der Waals surface area contributed by atoms with E-state index >= 15 is 0 Å². The highest BCUT2D eigenvalue weighted by Gasteiger charge is 2.13. The highest BCUT2D eigenvalue weighted by molar-refractivity contribution is 5.40. The van der Waals surface area contributed by atoms with E-state index in [0.29, 0.717) is 11.7 Å². The molecule has 0 fully saturated rings. The second-order valence-corrected chi connectivity index (χ2v) is 3.82. The Kier molecular flexibility index (Phi) is 3.34. The lowest BCUT2D eigenvalue weighted by Crippen LogP contribution is -1.98. The van der Waals surface area contributed by atoms with Crippen molar-refractivity contribution in [2.24, 2.45) is 5.92 Å². The fraction of sp³-hybridized carbons (Fsp3) is 0.700. The molecular formula is C10H18N2O. The minimum absolute atomic E-state index is 0.567. The van der Waals surface area contributed by atoms with E-state index in [1.54, 1.807) is 0 Å². The van der Waals surface area contributed by atoms with Crippen LogP contribution in [0.25, 0.3) is 0 Å². The Morgan fingerprint density at radius 1 is 1.46 bits per heavy atom. The highest BCUT2D eigenvalue weighted by Crippen LogP contribution is 2.20. The molecule has 0 radical (unpaired) electrons. The van der Waals surface area contributed by atoms with E-state index in [1.807, 2.05) is 0 Å². The molecule has 0 bridgehead atoms. The Labute approximate surface area is 79.3 Å². The number of anilines is 1. The summed E-state index contributed by atoms with van der Waals surface area (Å²) in [5.74, 6) is 2.12. The zero-order valence-electron chi connectivity index (χ0n) is 8.63. The van der Waals surface area contributed by atoms with Gasteiger partial charge in [0.1, 0.15) is 5.76 Å². The molecule has 3 heteroatoms. The van der Waals surface area contributed by atoms with Gasteiger partial charge in [0.15, 0.2) is 5.82 Å². The molecule has 1 aromatic rings. The summed E-state index contributed by atoms with van der Waals surface area (Å²) in [5.41, 5.74) is 6.81. The van der Waals surface area contributed by atoms with Crippen LogP contribution in [0, 0.1) is 5.92 Å². The van der Waals surface area contributed by atoms with Crippen LogP contribution < -0.4 is 5.73 Å². The summed E-state index contributed by atoms with van der Waals surface area (Å²) in [6, 6.07) is 0. The predicted octanol–water partition coefficient (Wildman–Crippen LogP) is 2.41. The second kappa shape index (κ2) is 4.30. The summed E-state index contributed by atoms with van der Waals surface area (Å²) in [6.45, 7) is 6.45. The first kappa shape index (κ1) is 10.1. The van der Waals surface area contributed by atoms with Gasteiger partial charge in [-0.1, -0.05) is 32.3 Å². The average Bonchev–Trinajstić information content (AvgIpc) is 2.35. The SMILES string of the molecule is CCCc1c(N)noc1CC(C)C. The van der Waals surface area contributed by atoms with Gasteiger partial charge in [-0.3, -0.25) is 0 Å². The Bertz CT molecular complexity index is 266. The van der Waals surface area contributed by atoms with Crippen molar-refractivity contribution in [2.75, 3.05) is 5.73 Å². The minimum atomic E-state index is 0.567. The summed E-state index contributed by atoms with van der Waals surface area (Å²) >= 11 is 0. The number of aromatic nitrogens is 1. The van der Waals surface area contributed by atoms with E-state index in [1.165, 1.54) is 0 Å². The molecule has 1 heterocycles. The molecule has 0 saturated carbocycles. The maximum atomic E-state index is 5.70. The third-order valence-electron chi connectivity index (χ3n) is 1.99. The van der Waals surface area contributed by atoms with Gasteiger partial charge in [0.25, 0.3) is 0 Å². The first-order valence-corrected chi connectivity index (χ1v) is 4.88. The minimum Gasteiger partial charge on any atom is -0.381 e. The zero-order chi connectivity index (χ0) is 9.84. The number of hydrogen-bond donors (Lipinski definition) is 1. The van der Waals surface area contributed by atoms with Gasteiger partial charge in [0.2, 0.25) is 0 Å². The monoisotopic (exact) mass is 182 g/mol. The first-order chi connectivity index (χ1) is 6.15. The zero-order valence-corrected chi connectivity index (χ0v) is 8.63. The van der Waals surface area contributed by atoms with Crippen molar-refractivity contribution in [2.45, 2.75) is 40.0 Å². The van der Waals surface area contributed by atoms with Gasteiger partial charge in [0, 0.05) is 12.0 Å². The molecular weight excluding hydrogens is 164 g/mol. The number of nitrogens with zero attached hydrogens (tertiary/aromatic N) is 1. The maximum Gasteiger partial charge on any atom is 0.170 e. The number of nitrogens with two attached hydrogens (primary N) is 1. The van der Waals surface area contributed by atoms with Crippen LogP contribution in [0.1, 0.15) is 38.5 Å². The maximum absolute atomic E-state index is 5.70. The van der Waals surface area contributed by atoms with Gasteiger partial charge < -0.3 is 10.3 Å². The van der Waals surface area contributed by atoms with Crippen LogP contribution in [0.15, 0.2) is 4.52 Å². The quantitative estimate of drug-likeness (QED) is 0.778. The number of hydrogen-bond acceptors (Lipinski definition) is 3. The van der Waals surface area contributed by atoms with Gasteiger partial charge in [-0.2, -0.15) is 0 Å². The molecule has 13 heavy (non-hydrogen) atoms. The summed E-state index contributed by atoms with van der Waals surface area (Å²) < 4.78 is 5.18. The fourth-order valence-electron chi connectivity index (χ4n) is 1.41. The normalized spacial score (nSPS) is 11.1. The van der Waals surface area contributed by atoms with Crippen LogP contribution in [0.3, 0.4) is 0 Å². The van der Waals surface area contributed by atoms with Gasteiger partial charge in [0.05, 0.1) is 0 Å². The third kappa shape index (κ3) is 2.47. The molecule has 1 aromatic heterocycles. The van der Waals surface area contributed by atoms with E-state index in [2.05, 4.69) is 25.9 Å². The Morgan fingerprint density at radius 2 is 2.15 bits per heavy atom. The standard InChI is InChI=1S/C10H18N2O/c1-4-5-8-9(6-7(2)3)13-12-10(8)11/h7H,4-6H2,1-3H3,(H2,11,12). The van der Waals surface area contributed by atoms with Crippen LogP contribution >= 0.6 is 0 Å². The Balaban J connectivity index is 2.80. The topological polar surface area (TPSA) is 52.0 Å². The lowest BCUT2D eigenvalue weighted by Gasteiger charge is -2.02. The molecule has 2 N–H and O–H groups in total. The van der Waals surface area contributed by atoms with Crippen molar-refractivity contribution in [1.82, 2.24) is 5.16 Å². The summed E-state index contributed by atoms with van der Waals surface area (Å²) in [6.07, 6.45) is 2.98. The molecule has 0 atom stereocenters. The lowest BCUT2D eigenvalue weighted by molar-refractivity contribution is 0.369. The Morgan fingerprint density at radius 3 is 2.69 bits per heavy atom. The average molecular weight is 182 g/mol. The summed E-state index contributed by atoms with van der Waals surface area (Å²) in [7, 11) is 0. The van der Waals surface area contributed by atoms with E-state index in [4.69, 9.17) is 10.3 Å². The van der Waals surface area contributed by atoms with E-state index in [-0.39, 0.29) is 0 Å². The largest absolute Gasteiger partial charge is 0.381 e. The second-order valence-electron chi connectivity index (χ2n) is 3.82. The van der Waals surface area contributed by atoms with Crippen LogP contribution in [0.2, 0.25) is 0 Å². The molecule has 0 spiro atoms. The molecule has 1 rings (SSSR count). The number of rotatable bonds is 4. The molecule has 74 valence electrons. The van der Waals surface area contributed by atoms with Crippen molar-refractivity contribution in [1.29, 1.82) is 0 Å². The molecule has 0 unspecified atom stereocenters. The summed E-state index contributed by atoms with van der Waals surface area (Å²) in [4.78, 5) is 0. The molecule has 0 aliphatic carbocycles. The predicted molar refractivity (Wildman–Crippen MR) is 53.5 cm³/mol. The van der Waals surface area contributed by atoms with Crippen LogP contribution in [-0.4, -0.2) is 5.16 Å². The van der Waals surface area contributed by atoms with E-state index < -0.39 is 0 Å². The van der Waals surface area contributed by atoms with Gasteiger partial charge in [-0.25, -0.2) is 0 Å². The molecule has 0 aliphatic rings. The first-order valence-electron chi connectivity index (χ1n) is 4.88. The van der Waals surface area contributed by atoms with Crippen LogP contribution in [0.5, 0.6) is 0 Å². The van der Waals surface area contributed by atoms with Gasteiger partial charge >= 0.3 is 0 Å². The smallest absolute Gasteiger partial charge is 0.170 e. The highest BCUT2D eigenvalue weighted by atomic mass is 16.5. The summed E-state index contributed by atoms with van der Waals surface area (Å²) in [5, 5.41) is 3.79. The van der Waals surface area contributed by atoms with Crippen LogP contribution in [-0.2, 0) is 12.8 Å². The van der Waals surface area contributed by atoms with Crippen molar-refractivity contribution >= 4 is 5.82 Å². The lowest BCUT2D eigenvalue weighted by atomic mass is 10.0. The molecule has 0 aromatic carbocycles. The van der Waals surface area contributed by atoms with Gasteiger partial charge in [-0.05, 0) is 12.3 Å². The van der Waals surface area contributed by atoms with E-state index in [0.717, 1.165) is 30.6 Å². The molecule has 0 amide bonds. The third-order valence-corrected chi connectivity index (χ3v) is 1.99. The van der Waals surface area contributed by atoms with Crippen molar-refractivity contribution < 1.29 is 4.52 Å². The van der Waals surface area contributed by atoms with Crippen LogP contribution in [0.4, 0.5) is 5.82 Å². The van der Waals surface area contributed by atoms with Crippen molar-refractivity contribution in [3.8, 4) is 0 Å². The molecule has 3 nitrogen and oxygen atoms in total. The molecule has 0 saturated heterocycles. The Hall–Kier alpha value is -0.990. The number of nitrogen functional groups attached to an aromatic ring is 1. The van der Waals surface area contributed by atoms with Crippen molar-refractivity contribution in [3.63, 3.8) is 0 Å².